The minimum atomic E-state index is -0.0636. The SMILES string of the molecule is Cn1nc(C2CCNC2)c2c(C(=O)NCc3ccncc3)cc(C3CC3)nc21. The lowest BCUT2D eigenvalue weighted by atomic mass is 9.98. The predicted octanol–water partition coefficient (Wildman–Crippen LogP) is 2.25. The van der Waals surface area contributed by atoms with Gasteiger partial charge in [0.1, 0.15) is 0 Å². The fourth-order valence-corrected chi connectivity index (χ4v) is 4.02. The van der Waals surface area contributed by atoms with Gasteiger partial charge in [0.25, 0.3) is 5.91 Å². The van der Waals surface area contributed by atoms with E-state index < -0.39 is 0 Å². The molecule has 1 atom stereocenters. The third kappa shape index (κ3) is 3.16. The Kier molecular flexibility index (Phi) is 4.31. The number of nitrogens with one attached hydrogen (secondary N) is 2. The van der Waals surface area contributed by atoms with Gasteiger partial charge in [0.05, 0.1) is 16.6 Å². The third-order valence-electron chi connectivity index (χ3n) is 5.73. The zero-order chi connectivity index (χ0) is 19.1. The molecule has 1 saturated carbocycles. The molecule has 0 spiro atoms. The van der Waals surface area contributed by atoms with Gasteiger partial charge in [-0.3, -0.25) is 14.5 Å². The first-order valence-corrected chi connectivity index (χ1v) is 9.96. The summed E-state index contributed by atoms with van der Waals surface area (Å²) in [6, 6.07) is 5.82. The van der Waals surface area contributed by atoms with E-state index in [-0.39, 0.29) is 5.91 Å². The zero-order valence-corrected chi connectivity index (χ0v) is 16.0. The third-order valence-corrected chi connectivity index (χ3v) is 5.73. The second-order valence-electron chi connectivity index (χ2n) is 7.80. The number of aryl methyl sites for hydroxylation is 1. The second-order valence-corrected chi connectivity index (χ2v) is 7.80. The van der Waals surface area contributed by atoms with E-state index >= 15 is 0 Å². The highest BCUT2D eigenvalue weighted by Crippen LogP contribution is 2.41. The molecular formula is C21H24N6O. The normalized spacial score (nSPS) is 19.2. The summed E-state index contributed by atoms with van der Waals surface area (Å²) in [5.74, 6) is 0.734. The van der Waals surface area contributed by atoms with E-state index in [1.807, 2.05) is 29.9 Å². The van der Waals surface area contributed by atoms with Crippen molar-refractivity contribution in [3.63, 3.8) is 0 Å². The Labute approximate surface area is 163 Å². The molecule has 4 heterocycles. The summed E-state index contributed by atoms with van der Waals surface area (Å²) >= 11 is 0. The fourth-order valence-electron chi connectivity index (χ4n) is 4.02. The van der Waals surface area contributed by atoms with Crippen LogP contribution in [0.4, 0.5) is 0 Å². The van der Waals surface area contributed by atoms with Crippen LogP contribution in [-0.4, -0.2) is 38.7 Å². The molecule has 0 radical (unpaired) electrons. The molecule has 0 aromatic carbocycles. The molecule has 7 heteroatoms. The van der Waals surface area contributed by atoms with Gasteiger partial charge in [-0.05, 0) is 49.6 Å². The summed E-state index contributed by atoms with van der Waals surface area (Å²) in [7, 11) is 1.93. The highest BCUT2D eigenvalue weighted by atomic mass is 16.1. The number of pyridine rings is 2. The molecule has 1 unspecified atom stereocenters. The molecule has 5 rings (SSSR count). The van der Waals surface area contributed by atoms with Crippen LogP contribution >= 0.6 is 0 Å². The number of nitrogens with zero attached hydrogens (tertiary/aromatic N) is 4. The van der Waals surface area contributed by atoms with Crippen molar-refractivity contribution >= 4 is 16.9 Å². The maximum atomic E-state index is 13.2. The molecule has 1 aliphatic heterocycles. The summed E-state index contributed by atoms with van der Waals surface area (Å²) in [6.45, 7) is 2.36. The number of rotatable bonds is 5. The fraction of sp³-hybridized carbons (Fsp3) is 0.429. The van der Waals surface area contributed by atoms with Crippen LogP contribution < -0.4 is 10.6 Å². The number of carbonyl (C=O) groups excluding carboxylic acids is 1. The molecule has 28 heavy (non-hydrogen) atoms. The van der Waals surface area contributed by atoms with Crippen molar-refractivity contribution in [3.8, 4) is 0 Å². The summed E-state index contributed by atoms with van der Waals surface area (Å²) in [5, 5.41) is 12.2. The van der Waals surface area contributed by atoms with E-state index in [1.54, 1.807) is 12.4 Å². The van der Waals surface area contributed by atoms with Crippen LogP contribution in [-0.2, 0) is 13.6 Å². The molecule has 0 bridgehead atoms. The van der Waals surface area contributed by atoms with Crippen molar-refractivity contribution in [1.29, 1.82) is 0 Å². The Morgan fingerprint density at radius 1 is 1.25 bits per heavy atom. The minimum absolute atomic E-state index is 0.0636. The van der Waals surface area contributed by atoms with Gasteiger partial charge in [0.2, 0.25) is 0 Å². The van der Waals surface area contributed by atoms with E-state index in [4.69, 9.17) is 10.1 Å². The lowest BCUT2D eigenvalue weighted by Gasteiger charge is -2.11. The first-order valence-electron chi connectivity index (χ1n) is 9.96. The average molecular weight is 376 g/mol. The van der Waals surface area contributed by atoms with Gasteiger partial charge < -0.3 is 10.6 Å². The number of aromatic nitrogens is 4. The van der Waals surface area contributed by atoms with Crippen molar-refractivity contribution in [2.75, 3.05) is 13.1 Å². The van der Waals surface area contributed by atoms with Gasteiger partial charge in [0.15, 0.2) is 5.65 Å². The number of fused-ring (bicyclic) bond motifs is 1. The zero-order valence-electron chi connectivity index (χ0n) is 16.0. The summed E-state index contributed by atoms with van der Waals surface area (Å²) in [5.41, 5.74) is 4.56. The van der Waals surface area contributed by atoms with Gasteiger partial charge in [-0.15, -0.1) is 0 Å². The van der Waals surface area contributed by atoms with Gasteiger partial charge in [-0.2, -0.15) is 5.10 Å². The van der Waals surface area contributed by atoms with Crippen LogP contribution in [0.1, 0.15) is 58.4 Å². The van der Waals surface area contributed by atoms with Gasteiger partial charge >= 0.3 is 0 Å². The number of hydrogen-bond donors (Lipinski definition) is 2. The van der Waals surface area contributed by atoms with Crippen molar-refractivity contribution in [1.82, 2.24) is 30.4 Å². The second kappa shape index (κ2) is 6.98. The van der Waals surface area contributed by atoms with Crippen LogP contribution in [0.5, 0.6) is 0 Å². The molecular weight excluding hydrogens is 352 g/mol. The van der Waals surface area contributed by atoms with Crippen LogP contribution in [0.2, 0.25) is 0 Å². The Hall–Kier alpha value is -2.80. The molecule has 2 N–H and O–H groups in total. The Balaban J connectivity index is 1.55. The highest BCUT2D eigenvalue weighted by Gasteiger charge is 2.31. The van der Waals surface area contributed by atoms with Gasteiger partial charge in [0, 0.05) is 50.1 Å². The first-order chi connectivity index (χ1) is 13.7. The first kappa shape index (κ1) is 17.3. The van der Waals surface area contributed by atoms with Crippen LogP contribution in [0.25, 0.3) is 11.0 Å². The molecule has 2 aliphatic rings. The van der Waals surface area contributed by atoms with E-state index in [1.165, 1.54) is 0 Å². The molecule has 7 nitrogen and oxygen atoms in total. The molecule has 3 aromatic rings. The summed E-state index contributed by atoms with van der Waals surface area (Å²) < 4.78 is 1.84. The maximum Gasteiger partial charge on any atom is 0.252 e. The largest absolute Gasteiger partial charge is 0.348 e. The van der Waals surface area contributed by atoms with Crippen molar-refractivity contribution in [3.05, 3.63) is 53.1 Å². The summed E-state index contributed by atoms with van der Waals surface area (Å²) in [6.07, 6.45) is 6.81. The number of hydrogen-bond acceptors (Lipinski definition) is 5. The number of carbonyl (C=O) groups is 1. The molecule has 1 saturated heterocycles. The molecule has 144 valence electrons. The van der Waals surface area contributed by atoms with Crippen molar-refractivity contribution in [2.24, 2.45) is 7.05 Å². The van der Waals surface area contributed by atoms with E-state index in [2.05, 4.69) is 15.6 Å². The molecule has 1 aliphatic carbocycles. The van der Waals surface area contributed by atoms with Crippen LogP contribution in [0.3, 0.4) is 0 Å². The van der Waals surface area contributed by atoms with Crippen LogP contribution in [0.15, 0.2) is 30.6 Å². The molecule has 3 aromatic heterocycles. The smallest absolute Gasteiger partial charge is 0.252 e. The molecule has 1 amide bonds. The Bertz CT molecular complexity index is 1020. The minimum Gasteiger partial charge on any atom is -0.348 e. The quantitative estimate of drug-likeness (QED) is 0.713. The van der Waals surface area contributed by atoms with Gasteiger partial charge in [-0.25, -0.2) is 4.98 Å². The topological polar surface area (TPSA) is 84.7 Å². The monoisotopic (exact) mass is 376 g/mol. The highest BCUT2D eigenvalue weighted by molar-refractivity contribution is 6.06. The van der Waals surface area contributed by atoms with Crippen molar-refractivity contribution in [2.45, 2.75) is 37.6 Å². The van der Waals surface area contributed by atoms with E-state index in [0.717, 1.165) is 60.3 Å². The predicted molar refractivity (Wildman–Crippen MR) is 106 cm³/mol. The van der Waals surface area contributed by atoms with Gasteiger partial charge in [-0.1, -0.05) is 0 Å². The van der Waals surface area contributed by atoms with Crippen LogP contribution in [0, 0.1) is 0 Å². The lowest BCUT2D eigenvalue weighted by molar-refractivity contribution is 0.0952. The van der Waals surface area contributed by atoms with E-state index in [0.29, 0.717) is 23.9 Å². The molecule has 2 fully saturated rings. The average Bonchev–Trinajstić information content (AvgIpc) is 3.33. The Morgan fingerprint density at radius 2 is 2.07 bits per heavy atom. The lowest BCUT2D eigenvalue weighted by Crippen LogP contribution is -2.23. The van der Waals surface area contributed by atoms with Crippen molar-refractivity contribution < 1.29 is 4.79 Å². The number of amides is 1. The standard InChI is InChI=1S/C21H24N6O/c1-27-20-18(19(26-27)15-6-9-23-12-15)16(10-17(25-20)14-2-3-14)21(28)24-11-13-4-7-22-8-5-13/h4-5,7-8,10,14-15,23H,2-3,6,9,11-12H2,1H3,(H,24,28). The maximum absolute atomic E-state index is 13.2. The Morgan fingerprint density at radius 3 is 2.79 bits per heavy atom. The van der Waals surface area contributed by atoms with E-state index in [9.17, 15) is 4.79 Å². The summed E-state index contributed by atoms with van der Waals surface area (Å²) in [4.78, 5) is 22.1.